The molecule has 0 aliphatic heterocycles. The van der Waals surface area contributed by atoms with Gasteiger partial charge in [0.15, 0.2) is 0 Å². The van der Waals surface area contributed by atoms with Crippen LogP contribution in [0, 0.1) is 13.8 Å². The van der Waals surface area contributed by atoms with Crippen molar-refractivity contribution in [1.82, 2.24) is 4.57 Å². The van der Waals surface area contributed by atoms with E-state index in [1.807, 2.05) is 19.1 Å². The van der Waals surface area contributed by atoms with Gasteiger partial charge in [-0.05, 0) is 49.4 Å². The topological polar surface area (TPSA) is 42.2 Å². The summed E-state index contributed by atoms with van der Waals surface area (Å²) in [6.07, 6.45) is 2.24. The molecule has 1 aromatic carbocycles. The Morgan fingerprint density at radius 3 is 2.48 bits per heavy atom. The van der Waals surface area contributed by atoms with Crippen molar-refractivity contribution in [1.29, 1.82) is 0 Å². The molecule has 3 nitrogen and oxygen atoms in total. The number of nitrogens with zero attached hydrogens (tertiary/aromatic N) is 1. The van der Waals surface area contributed by atoms with Gasteiger partial charge in [-0.3, -0.25) is 0 Å². The molecule has 0 radical (unpaired) electrons. The monoisotopic (exact) mass is 287 g/mol. The lowest BCUT2D eigenvalue weighted by molar-refractivity contribution is 0.0696. The third kappa shape index (κ3) is 2.69. The normalized spacial score (nSPS) is 11.5. The van der Waals surface area contributed by atoms with Crippen molar-refractivity contribution >= 4 is 16.9 Å². The van der Waals surface area contributed by atoms with E-state index in [-0.39, 0.29) is 0 Å². The van der Waals surface area contributed by atoms with E-state index in [0.29, 0.717) is 11.5 Å². The molecule has 0 aliphatic carbocycles. The van der Waals surface area contributed by atoms with Gasteiger partial charge < -0.3 is 9.67 Å². The Balaban J connectivity index is 2.78. The molecule has 2 rings (SSSR count). The van der Waals surface area contributed by atoms with Crippen LogP contribution >= 0.6 is 0 Å². The molecule has 0 spiro atoms. The summed E-state index contributed by atoms with van der Waals surface area (Å²) in [6, 6.07) is 3.89. The first-order valence-corrected chi connectivity index (χ1v) is 7.75. The zero-order chi connectivity index (χ0) is 15.7. The summed E-state index contributed by atoms with van der Waals surface area (Å²) in [4.78, 5) is 11.4. The van der Waals surface area contributed by atoms with Crippen molar-refractivity contribution in [2.75, 3.05) is 0 Å². The van der Waals surface area contributed by atoms with Gasteiger partial charge >= 0.3 is 5.97 Å². The highest BCUT2D eigenvalue weighted by atomic mass is 16.4. The van der Waals surface area contributed by atoms with E-state index in [9.17, 15) is 9.90 Å². The van der Waals surface area contributed by atoms with E-state index in [4.69, 9.17) is 0 Å². The minimum absolute atomic E-state index is 0.410. The number of benzene rings is 1. The fourth-order valence-electron chi connectivity index (χ4n) is 3.22. The second kappa shape index (κ2) is 5.92. The molecule has 0 unspecified atom stereocenters. The summed E-state index contributed by atoms with van der Waals surface area (Å²) in [5.41, 5.74) is 4.93. The average molecular weight is 287 g/mol. The number of carboxylic acid groups (broad SMARTS) is 1. The number of aryl methyl sites for hydroxylation is 2. The van der Waals surface area contributed by atoms with Crippen LogP contribution in [-0.2, 0) is 6.54 Å². The Morgan fingerprint density at radius 1 is 1.29 bits per heavy atom. The van der Waals surface area contributed by atoms with Crippen LogP contribution in [-0.4, -0.2) is 15.6 Å². The molecule has 1 aromatic heterocycles. The highest BCUT2D eigenvalue weighted by molar-refractivity contribution is 5.97. The molecule has 0 bridgehead atoms. The van der Waals surface area contributed by atoms with Crippen LogP contribution in [0.5, 0.6) is 0 Å². The molecule has 0 amide bonds. The summed E-state index contributed by atoms with van der Waals surface area (Å²) in [6.45, 7) is 11.6. The van der Waals surface area contributed by atoms with Crippen molar-refractivity contribution in [3.05, 3.63) is 34.5 Å². The highest BCUT2D eigenvalue weighted by Crippen LogP contribution is 2.33. The molecule has 1 heterocycles. The molecule has 1 N–H and O–H groups in total. The van der Waals surface area contributed by atoms with Crippen LogP contribution in [0.2, 0.25) is 0 Å². The molecule has 2 aromatic rings. The van der Waals surface area contributed by atoms with E-state index < -0.39 is 5.97 Å². The maximum atomic E-state index is 11.4. The molecule has 0 saturated heterocycles. The number of fused-ring (bicyclic) bond motifs is 1. The fourth-order valence-corrected chi connectivity index (χ4v) is 3.22. The number of unbranched alkanes of at least 4 members (excludes halogenated alkanes) is 1. The van der Waals surface area contributed by atoms with Crippen molar-refractivity contribution in [3.63, 3.8) is 0 Å². The van der Waals surface area contributed by atoms with Gasteiger partial charge in [0.2, 0.25) is 0 Å². The van der Waals surface area contributed by atoms with E-state index in [1.54, 1.807) is 0 Å². The summed E-state index contributed by atoms with van der Waals surface area (Å²) in [5, 5.41) is 10.6. The van der Waals surface area contributed by atoms with Crippen LogP contribution in [0.25, 0.3) is 10.9 Å². The molecule has 0 aliphatic rings. The first kappa shape index (κ1) is 15.6. The Morgan fingerprint density at radius 2 is 1.95 bits per heavy atom. The van der Waals surface area contributed by atoms with Crippen molar-refractivity contribution < 1.29 is 9.90 Å². The number of aromatic nitrogens is 1. The maximum Gasteiger partial charge on any atom is 0.336 e. The summed E-state index contributed by atoms with van der Waals surface area (Å²) in [5.74, 6) is -0.410. The smallest absolute Gasteiger partial charge is 0.336 e. The van der Waals surface area contributed by atoms with Crippen LogP contribution in [0.4, 0.5) is 0 Å². The number of hydrogen-bond acceptors (Lipinski definition) is 1. The first-order valence-electron chi connectivity index (χ1n) is 7.75. The van der Waals surface area contributed by atoms with E-state index >= 15 is 0 Å². The van der Waals surface area contributed by atoms with Gasteiger partial charge in [0.1, 0.15) is 0 Å². The SMILES string of the molecule is CCCCn1c(C)c(C(C)C)c2cc(C)c(C(=O)O)cc21. The molecular formula is C18H25NO2. The predicted octanol–water partition coefficient (Wildman–Crippen LogP) is 4.88. The minimum atomic E-state index is -0.846. The van der Waals surface area contributed by atoms with Crippen LogP contribution in [0.3, 0.4) is 0 Å². The molecule has 114 valence electrons. The van der Waals surface area contributed by atoms with Gasteiger partial charge in [-0.2, -0.15) is 0 Å². The van der Waals surface area contributed by atoms with Crippen molar-refractivity contribution in [2.24, 2.45) is 0 Å². The van der Waals surface area contributed by atoms with Crippen LogP contribution in [0.15, 0.2) is 12.1 Å². The lowest BCUT2D eigenvalue weighted by atomic mass is 9.97. The van der Waals surface area contributed by atoms with E-state index in [1.165, 1.54) is 16.6 Å². The zero-order valence-corrected chi connectivity index (χ0v) is 13.7. The summed E-state index contributed by atoms with van der Waals surface area (Å²) in [7, 11) is 0. The number of carbonyl (C=O) groups is 1. The number of rotatable bonds is 5. The third-order valence-electron chi connectivity index (χ3n) is 4.26. The lowest BCUT2D eigenvalue weighted by Crippen LogP contribution is -2.03. The quantitative estimate of drug-likeness (QED) is 0.851. The Bertz CT molecular complexity index is 680. The zero-order valence-electron chi connectivity index (χ0n) is 13.7. The number of aromatic carboxylic acids is 1. The van der Waals surface area contributed by atoms with E-state index in [2.05, 4.69) is 32.3 Å². The Labute approximate surface area is 126 Å². The average Bonchev–Trinajstić information content (AvgIpc) is 2.66. The van der Waals surface area contributed by atoms with Crippen molar-refractivity contribution in [3.8, 4) is 0 Å². The van der Waals surface area contributed by atoms with Gasteiger partial charge in [-0.15, -0.1) is 0 Å². The summed E-state index contributed by atoms with van der Waals surface area (Å²) >= 11 is 0. The van der Waals surface area contributed by atoms with Gasteiger partial charge in [0, 0.05) is 23.1 Å². The van der Waals surface area contributed by atoms with Gasteiger partial charge in [0.25, 0.3) is 0 Å². The second-order valence-electron chi connectivity index (χ2n) is 6.15. The van der Waals surface area contributed by atoms with E-state index in [0.717, 1.165) is 30.5 Å². The second-order valence-corrected chi connectivity index (χ2v) is 6.15. The van der Waals surface area contributed by atoms with Gasteiger partial charge in [0.05, 0.1) is 5.56 Å². The minimum Gasteiger partial charge on any atom is -0.478 e. The third-order valence-corrected chi connectivity index (χ3v) is 4.26. The molecule has 0 fully saturated rings. The molecule has 0 atom stereocenters. The molecule has 0 saturated carbocycles. The number of carboxylic acids is 1. The molecule has 21 heavy (non-hydrogen) atoms. The largest absolute Gasteiger partial charge is 0.478 e. The van der Waals surface area contributed by atoms with Gasteiger partial charge in [-0.1, -0.05) is 27.2 Å². The predicted molar refractivity (Wildman–Crippen MR) is 87.4 cm³/mol. The maximum absolute atomic E-state index is 11.4. The number of hydrogen-bond donors (Lipinski definition) is 1. The standard InChI is InChI=1S/C18H25NO2/c1-6-7-8-19-13(5)17(11(2)3)15-9-12(4)14(18(20)21)10-16(15)19/h9-11H,6-8H2,1-5H3,(H,20,21). The fraction of sp³-hybridized carbons (Fsp3) is 0.500. The lowest BCUT2D eigenvalue weighted by Gasteiger charge is -2.09. The Hall–Kier alpha value is -1.77. The first-order chi connectivity index (χ1) is 9.88. The summed E-state index contributed by atoms with van der Waals surface area (Å²) < 4.78 is 2.29. The molecule has 3 heteroatoms. The van der Waals surface area contributed by atoms with Crippen LogP contribution < -0.4 is 0 Å². The van der Waals surface area contributed by atoms with Crippen LogP contribution in [0.1, 0.15) is 66.7 Å². The van der Waals surface area contributed by atoms with Crippen molar-refractivity contribution in [2.45, 2.75) is 59.9 Å². The molecular weight excluding hydrogens is 262 g/mol. The Kier molecular flexibility index (Phi) is 4.40. The van der Waals surface area contributed by atoms with Gasteiger partial charge in [-0.25, -0.2) is 4.79 Å². The highest BCUT2D eigenvalue weighted by Gasteiger charge is 2.19.